The number of phenolic OH excluding ortho intramolecular Hbond substituents is 1. The van der Waals surface area contributed by atoms with Gasteiger partial charge in [-0.05, 0) is 59.3 Å². The van der Waals surface area contributed by atoms with E-state index in [4.69, 9.17) is 14.2 Å². The first kappa shape index (κ1) is 21.8. The third-order valence-corrected chi connectivity index (χ3v) is 4.77. The van der Waals surface area contributed by atoms with Crippen molar-refractivity contribution in [1.82, 2.24) is 0 Å². The number of ether oxygens (including phenoxy) is 3. The number of methoxy groups -OCH3 is 1. The Morgan fingerprint density at radius 2 is 1.15 bits per heavy atom. The molecule has 0 radical (unpaired) electrons. The molecule has 0 saturated carbocycles. The predicted molar refractivity (Wildman–Crippen MR) is 115 cm³/mol. The van der Waals surface area contributed by atoms with E-state index in [0.29, 0.717) is 10.8 Å². The first-order valence-corrected chi connectivity index (χ1v) is 9.64. The van der Waals surface area contributed by atoms with Crippen LogP contribution in [0, 0.1) is 11.6 Å². The van der Waals surface area contributed by atoms with Gasteiger partial charge in [0.05, 0.1) is 18.2 Å². The molecule has 0 bridgehead atoms. The molecule has 6 nitrogen and oxygen atoms in total. The predicted octanol–water partition coefficient (Wildman–Crippen LogP) is 5.27. The number of hydrogen-bond donors (Lipinski definition) is 1. The lowest BCUT2D eigenvalue weighted by molar-refractivity contribution is 0.0719. The molecule has 0 atom stereocenters. The SMILES string of the molecule is COc1ccc(C(=O)Oc2ccc3cc(OC(=O)c4ccc(O)cc4F)ccc3c2)c(F)c1. The van der Waals surface area contributed by atoms with Crippen LogP contribution in [0.3, 0.4) is 0 Å². The third kappa shape index (κ3) is 4.74. The van der Waals surface area contributed by atoms with Crippen molar-refractivity contribution in [2.45, 2.75) is 0 Å². The van der Waals surface area contributed by atoms with E-state index in [0.717, 1.165) is 18.2 Å². The second-order valence-corrected chi connectivity index (χ2v) is 6.96. The van der Waals surface area contributed by atoms with Gasteiger partial charge in [-0.15, -0.1) is 0 Å². The maximum Gasteiger partial charge on any atom is 0.346 e. The van der Waals surface area contributed by atoms with Crippen LogP contribution in [0.4, 0.5) is 8.78 Å². The van der Waals surface area contributed by atoms with Gasteiger partial charge in [0.15, 0.2) is 0 Å². The summed E-state index contributed by atoms with van der Waals surface area (Å²) < 4.78 is 43.4. The number of phenols is 1. The van der Waals surface area contributed by atoms with Gasteiger partial charge in [-0.3, -0.25) is 0 Å². The van der Waals surface area contributed by atoms with Crippen LogP contribution >= 0.6 is 0 Å². The monoisotopic (exact) mass is 450 g/mol. The molecule has 0 aliphatic heterocycles. The number of rotatable bonds is 5. The highest BCUT2D eigenvalue weighted by Gasteiger charge is 2.17. The number of benzene rings is 4. The molecule has 4 aromatic rings. The molecule has 0 unspecified atom stereocenters. The van der Waals surface area contributed by atoms with Crippen LogP contribution in [0.15, 0.2) is 72.8 Å². The lowest BCUT2D eigenvalue weighted by Crippen LogP contribution is -2.11. The molecule has 166 valence electrons. The lowest BCUT2D eigenvalue weighted by Gasteiger charge is -2.09. The summed E-state index contributed by atoms with van der Waals surface area (Å²) in [6.07, 6.45) is 0. The number of aromatic hydroxyl groups is 1. The molecule has 0 amide bonds. The number of halogens is 2. The van der Waals surface area contributed by atoms with Gasteiger partial charge in [0, 0.05) is 12.1 Å². The Morgan fingerprint density at radius 3 is 1.64 bits per heavy atom. The molecule has 0 spiro atoms. The maximum atomic E-state index is 14.1. The number of carbonyl (C=O) groups is 2. The van der Waals surface area contributed by atoms with Crippen molar-refractivity contribution in [2.24, 2.45) is 0 Å². The molecule has 0 aliphatic carbocycles. The quantitative estimate of drug-likeness (QED) is 0.330. The summed E-state index contributed by atoms with van der Waals surface area (Å²) in [5.74, 6) is -3.11. The molecule has 1 N–H and O–H groups in total. The fourth-order valence-electron chi connectivity index (χ4n) is 3.11. The van der Waals surface area contributed by atoms with E-state index in [1.807, 2.05) is 0 Å². The van der Waals surface area contributed by atoms with Crippen LogP contribution in [0.2, 0.25) is 0 Å². The fourth-order valence-corrected chi connectivity index (χ4v) is 3.11. The second-order valence-electron chi connectivity index (χ2n) is 6.96. The second kappa shape index (κ2) is 8.96. The molecular weight excluding hydrogens is 434 g/mol. The van der Waals surface area contributed by atoms with Gasteiger partial charge in [0.25, 0.3) is 0 Å². The zero-order chi connectivity index (χ0) is 23.5. The largest absolute Gasteiger partial charge is 0.508 e. The Kier molecular flexibility index (Phi) is 5.91. The first-order valence-electron chi connectivity index (χ1n) is 9.64. The zero-order valence-corrected chi connectivity index (χ0v) is 17.2. The first-order chi connectivity index (χ1) is 15.8. The van der Waals surface area contributed by atoms with E-state index in [2.05, 4.69) is 0 Å². The van der Waals surface area contributed by atoms with E-state index in [1.165, 1.54) is 37.4 Å². The van der Waals surface area contributed by atoms with Gasteiger partial charge in [-0.2, -0.15) is 0 Å². The van der Waals surface area contributed by atoms with E-state index < -0.39 is 23.6 Å². The topological polar surface area (TPSA) is 82.1 Å². The summed E-state index contributed by atoms with van der Waals surface area (Å²) >= 11 is 0. The molecule has 0 saturated heterocycles. The van der Waals surface area contributed by atoms with Crippen LogP contribution in [0.5, 0.6) is 23.0 Å². The Morgan fingerprint density at radius 1 is 0.667 bits per heavy atom. The van der Waals surface area contributed by atoms with Gasteiger partial charge in [0.1, 0.15) is 34.6 Å². The zero-order valence-electron chi connectivity index (χ0n) is 17.2. The standard InChI is InChI=1S/C25H16F2O6/c1-31-17-7-9-21(23(27)13-17)25(30)33-19-6-3-14-10-18(5-2-15(14)11-19)32-24(29)20-8-4-16(28)12-22(20)26/h2-13,28H,1H3. The number of carbonyl (C=O) groups excluding carboxylic acids is 2. The van der Waals surface area contributed by atoms with Crippen LogP contribution in [0.25, 0.3) is 10.8 Å². The Balaban J connectivity index is 1.50. The van der Waals surface area contributed by atoms with Gasteiger partial charge in [-0.25, -0.2) is 18.4 Å². The highest BCUT2D eigenvalue weighted by Crippen LogP contribution is 2.27. The molecule has 0 aromatic heterocycles. The summed E-state index contributed by atoms with van der Waals surface area (Å²) in [6, 6.07) is 16.3. The van der Waals surface area contributed by atoms with Gasteiger partial charge >= 0.3 is 11.9 Å². The molecular formula is C25H16F2O6. The molecule has 8 heteroatoms. The normalized spacial score (nSPS) is 10.6. The molecule has 4 aromatic carbocycles. The minimum absolute atomic E-state index is 0.171. The molecule has 4 rings (SSSR count). The van der Waals surface area contributed by atoms with Crippen molar-refractivity contribution in [1.29, 1.82) is 0 Å². The van der Waals surface area contributed by atoms with Crippen molar-refractivity contribution in [3.63, 3.8) is 0 Å². The highest BCUT2D eigenvalue weighted by molar-refractivity contribution is 5.94. The van der Waals surface area contributed by atoms with E-state index in [9.17, 15) is 23.5 Å². The lowest BCUT2D eigenvalue weighted by atomic mass is 10.1. The van der Waals surface area contributed by atoms with Crippen molar-refractivity contribution < 1.29 is 37.7 Å². The molecule has 0 fully saturated rings. The number of hydrogen-bond acceptors (Lipinski definition) is 6. The summed E-state index contributed by atoms with van der Waals surface area (Å²) in [5, 5.41) is 10.6. The summed E-state index contributed by atoms with van der Waals surface area (Å²) in [5.41, 5.74) is -0.555. The molecule has 0 aliphatic rings. The van der Waals surface area contributed by atoms with Crippen LogP contribution in [0.1, 0.15) is 20.7 Å². The maximum absolute atomic E-state index is 14.1. The smallest absolute Gasteiger partial charge is 0.346 e. The van der Waals surface area contributed by atoms with Gasteiger partial charge in [0.2, 0.25) is 0 Å². The average Bonchev–Trinajstić information content (AvgIpc) is 2.78. The average molecular weight is 450 g/mol. The summed E-state index contributed by atoms with van der Waals surface area (Å²) in [4.78, 5) is 24.5. The van der Waals surface area contributed by atoms with Crippen LogP contribution < -0.4 is 14.2 Å². The minimum Gasteiger partial charge on any atom is -0.508 e. The Labute approximate surface area is 186 Å². The van der Waals surface area contributed by atoms with Crippen molar-refractivity contribution >= 4 is 22.7 Å². The highest BCUT2D eigenvalue weighted by atomic mass is 19.1. The van der Waals surface area contributed by atoms with Crippen molar-refractivity contribution in [3.05, 3.63) is 95.6 Å². The van der Waals surface area contributed by atoms with Gasteiger partial charge in [-0.1, -0.05) is 12.1 Å². The number of fused-ring (bicyclic) bond motifs is 1. The van der Waals surface area contributed by atoms with Crippen LogP contribution in [-0.2, 0) is 0 Å². The van der Waals surface area contributed by atoms with Crippen LogP contribution in [-0.4, -0.2) is 24.2 Å². The molecule has 33 heavy (non-hydrogen) atoms. The van der Waals surface area contributed by atoms with E-state index in [-0.39, 0.29) is 34.1 Å². The third-order valence-electron chi connectivity index (χ3n) is 4.77. The molecule has 0 heterocycles. The van der Waals surface area contributed by atoms with E-state index >= 15 is 0 Å². The number of esters is 2. The summed E-state index contributed by atoms with van der Waals surface area (Å²) in [7, 11) is 1.39. The Bertz CT molecular complexity index is 1380. The van der Waals surface area contributed by atoms with Crippen molar-refractivity contribution in [3.8, 4) is 23.0 Å². The van der Waals surface area contributed by atoms with Crippen molar-refractivity contribution in [2.75, 3.05) is 7.11 Å². The minimum atomic E-state index is -0.918. The fraction of sp³-hybridized carbons (Fsp3) is 0.0400. The Hall–Kier alpha value is -4.46. The van der Waals surface area contributed by atoms with Gasteiger partial charge < -0.3 is 19.3 Å². The summed E-state index contributed by atoms with van der Waals surface area (Å²) in [6.45, 7) is 0. The van der Waals surface area contributed by atoms with E-state index in [1.54, 1.807) is 24.3 Å².